The van der Waals surface area contributed by atoms with Crippen LogP contribution in [0.25, 0.3) is 21.8 Å². The Labute approximate surface area is 446 Å². The van der Waals surface area contributed by atoms with Crippen molar-refractivity contribution in [3.8, 4) is 11.5 Å². The molecule has 0 spiro atoms. The van der Waals surface area contributed by atoms with E-state index >= 15 is 0 Å². The highest BCUT2D eigenvalue weighted by molar-refractivity contribution is 8.77. The predicted molar refractivity (Wildman–Crippen MR) is 284 cm³/mol. The first-order valence-electron chi connectivity index (χ1n) is 23.0. The number of nitrogens with one attached hydrogen (secondary N) is 6. The molecular weight excluding hydrogens is 1050 g/mol. The Balaban J connectivity index is 1.36. The molecule has 75 heavy (non-hydrogen) atoms. The summed E-state index contributed by atoms with van der Waals surface area (Å²) in [4.78, 5) is 154. The molecule has 0 saturated carbocycles. The van der Waals surface area contributed by atoms with Crippen LogP contribution in [0.3, 0.4) is 0 Å². The second-order valence-electron chi connectivity index (χ2n) is 17.2. The van der Waals surface area contributed by atoms with Gasteiger partial charge in [0.2, 0.25) is 41.4 Å². The first kappa shape index (κ1) is 57.2. The molecule has 0 radical (unpaired) electrons. The minimum atomic E-state index is -1.61. The number of hydrogen-bond acceptors (Lipinski definition) is 18. The zero-order valence-corrected chi connectivity index (χ0v) is 44.7. The molecule has 2 bridgehead atoms. The highest BCUT2D eigenvalue weighted by Crippen LogP contribution is 2.33. The number of hydrogen-bond donors (Lipinski definition) is 8. The van der Waals surface area contributed by atoms with Crippen LogP contribution in [0.2, 0.25) is 0 Å². The molecule has 2 aliphatic heterocycles. The van der Waals surface area contributed by atoms with Crippen LogP contribution < -0.4 is 31.9 Å². The Bertz CT molecular complexity index is 2690. The van der Waals surface area contributed by atoms with Crippen molar-refractivity contribution in [1.82, 2.24) is 61.5 Å². The third kappa shape index (κ3) is 13.8. The number of thioether (sulfide) groups is 2. The number of likely N-dealkylation sites (N-methyl/N-ethyl adjacent to an activating group) is 4. The van der Waals surface area contributed by atoms with Gasteiger partial charge in [-0.25, -0.2) is 9.97 Å². The van der Waals surface area contributed by atoms with Crippen molar-refractivity contribution in [3.63, 3.8) is 0 Å². The fraction of sp³-hybridized carbons (Fsp3) is 0.404. The SMILES string of the molecule is CSC[C@H]1C(=O)NC[C@@H](NC(=O)c2nc3ccccc3cc2O)C(=O)NCC(=O)N(C)[C@H]2SSC[C@@H](C(=O)N1C)N(C)C(=O)CNC(=O)[C@H](NC(=O)c1nc3ccccc3cc1O)CNC(=O)[C@H](CSC)N(C)C2=O. The second kappa shape index (κ2) is 25.9. The van der Waals surface area contributed by atoms with E-state index in [9.17, 15) is 58.2 Å². The van der Waals surface area contributed by atoms with Gasteiger partial charge in [-0.05, 0) is 36.8 Å². The van der Waals surface area contributed by atoms with Gasteiger partial charge >= 0.3 is 0 Å². The number of amides is 10. The highest BCUT2D eigenvalue weighted by Gasteiger charge is 2.40. The smallest absolute Gasteiger partial charge is 0.274 e. The summed E-state index contributed by atoms with van der Waals surface area (Å²) in [7, 11) is 6.95. The Morgan fingerprint density at radius 1 is 0.613 bits per heavy atom. The molecule has 6 rings (SSSR count). The van der Waals surface area contributed by atoms with Gasteiger partial charge in [0.25, 0.3) is 17.7 Å². The van der Waals surface area contributed by atoms with E-state index in [1.807, 2.05) is 0 Å². The molecule has 6 atom stereocenters. The lowest BCUT2D eigenvalue weighted by Gasteiger charge is -2.35. The largest absolute Gasteiger partial charge is 0.505 e. The maximum absolute atomic E-state index is 14.7. The summed E-state index contributed by atoms with van der Waals surface area (Å²) < 4.78 is 0. The number of pyridine rings is 2. The third-order valence-corrected chi connectivity index (χ3v) is 16.2. The molecule has 24 nitrogen and oxygen atoms in total. The van der Waals surface area contributed by atoms with E-state index in [2.05, 4.69) is 41.9 Å². The zero-order valence-electron chi connectivity index (χ0n) is 41.5. The quantitative estimate of drug-likeness (QED) is 0.0977. The Morgan fingerprint density at radius 3 is 1.49 bits per heavy atom. The average molecular weight is 1110 g/mol. The van der Waals surface area contributed by atoms with Crippen molar-refractivity contribution >= 4 is 126 Å². The van der Waals surface area contributed by atoms with Crippen molar-refractivity contribution in [2.45, 2.75) is 35.6 Å². The third-order valence-electron chi connectivity index (χ3n) is 12.2. The van der Waals surface area contributed by atoms with E-state index < -0.39 is 144 Å². The molecule has 28 heteroatoms. The summed E-state index contributed by atoms with van der Waals surface area (Å²) in [6.45, 7) is -2.69. The predicted octanol–water partition coefficient (Wildman–Crippen LogP) is -1.04. The standard InChI is InChI=1S/C47H56N12O12S4/c1-56-32-23-74-75-47(46(71)58(3)31(22-73-6)42(67)49-18-28(39(64)50-19-35(56)62)54-43(68)37-33(60)15-24-11-7-9-13-26(24)52-37)59(4)36(63)20-51-40(65)29(17-48-41(66)30(21-72-5)57(2)45(32)70)55-44(69)38-34(61)16-25-12-8-10-14-27(25)53-38/h7-16,28-32,47,60-61H,17-23H2,1-6H3,(H,48,66)(H,49,67)(H,50,64)(H,51,65)(H,54,68)(H,55,69)/t28-,29-,30+,31+,32+,47+/m1/s1. The van der Waals surface area contributed by atoms with Crippen LogP contribution in [0, 0.1) is 0 Å². The molecule has 0 unspecified atom stereocenters. The molecule has 8 N–H and O–H groups in total. The Morgan fingerprint density at radius 2 is 1.04 bits per heavy atom. The number of aromatic nitrogens is 2. The van der Waals surface area contributed by atoms with Crippen LogP contribution >= 0.6 is 45.1 Å². The fourth-order valence-electron chi connectivity index (χ4n) is 7.73. The summed E-state index contributed by atoms with van der Waals surface area (Å²) in [5.41, 5.74) is -0.176. The normalized spacial score (nSPS) is 22.6. The summed E-state index contributed by atoms with van der Waals surface area (Å²) in [5.74, 6) is -9.99. The zero-order chi connectivity index (χ0) is 54.7. The molecule has 2 aliphatic rings. The van der Waals surface area contributed by atoms with Gasteiger partial charge in [-0.15, -0.1) is 0 Å². The molecule has 2 fully saturated rings. The summed E-state index contributed by atoms with van der Waals surface area (Å²) in [6.07, 6.45) is 3.36. The molecular formula is C47H56N12O12S4. The number of fused-ring (bicyclic) bond motifs is 6. The number of benzene rings is 2. The van der Waals surface area contributed by atoms with Crippen molar-refractivity contribution in [3.05, 3.63) is 72.1 Å². The van der Waals surface area contributed by atoms with Gasteiger partial charge in [-0.3, -0.25) is 47.9 Å². The monoisotopic (exact) mass is 1110 g/mol. The number of aromatic hydroxyl groups is 2. The van der Waals surface area contributed by atoms with Crippen LogP contribution in [0.4, 0.5) is 0 Å². The lowest BCUT2D eigenvalue weighted by molar-refractivity contribution is -0.146. The van der Waals surface area contributed by atoms with Crippen molar-refractivity contribution in [2.24, 2.45) is 0 Å². The number of carbonyl (C=O) groups is 10. The molecule has 400 valence electrons. The number of para-hydroxylation sites is 2. The van der Waals surface area contributed by atoms with E-state index in [-0.39, 0.29) is 17.3 Å². The molecule has 2 aromatic carbocycles. The van der Waals surface area contributed by atoms with Gasteiger partial charge in [-0.2, -0.15) is 23.5 Å². The van der Waals surface area contributed by atoms with Crippen LogP contribution in [-0.2, 0) is 38.4 Å². The van der Waals surface area contributed by atoms with Crippen LogP contribution in [0.5, 0.6) is 11.5 Å². The molecule has 10 amide bonds. The summed E-state index contributed by atoms with van der Waals surface area (Å²) in [5, 5.41) is 36.2. The van der Waals surface area contributed by atoms with E-state index in [4.69, 9.17) is 0 Å². The van der Waals surface area contributed by atoms with Crippen molar-refractivity contribution in [1.29, 1.82) is 0 Å². The maximum Gasteiger partial charge on any atom is 0.274 e. The summed E-state index contributed by atoms with van der Waals surface area (Å²) >= 11 is 2.39. The van der Waals surface area contributed by atoms with Gasteiger partial charge in [0.15, 0.2) is 16.8 Å². The minimum Gasteiger partial charge on any atom is -0.505 e. The highest BCUT2D eigenvalue weighted by atomic mass is 33.1. The summed E-state index contributed by atoms with van der Waals surface area (Å²) in [6, 6.07) is 8.80. The first-order chi connectivity index (χ1) is 35.7. The molecule has 2 saturated heterocycles. The second-order valence-corrected chi connectivity index (χ2v) is 21.5. The first-order valence-corrected chi connectivity index (χ1v) is 28.1. The van der Waals surface area contributed by atoms with Crippen LogP contribution in [-0.4, -0.2) is 219 Å². The van der Waals surface area contributed by atoms with Crippen molar-refractivity contribution < 1.29 is 58.2 Å². The van der Waals surface area contributed by atoms with Gasteiger partial charge in [-0.1, -0.05) is 58.0 Å². The van der Waals surface area contributed by atoms with E-state index in [1.165, 1.54) is 63.8 Å². The van der Waals surface area contributed by atoms with Gasteiger partial charge in [0, 0.05) is 69.3 Å². The Kier molecular flexibility index (Phi) is 19.8. The molecule has 0 aliphatic carbocycles. The number of nitrogens with zero attached hydrogens (tertiary/aromatic N) is 6. The Hall–Kier alpha value is -7.04. The van der Waals surface area contributed by atoms with E-state index in [0.29, 0.717) is 21.8 Å². The number of carbonyl (C=O) groups excluding carboxylic acids is 10. The van der Waals surface area contributed by atoms with Gasteiger partial charge < -0.3 is 61.7 Å². The topological polar surface area (TPSA) is 322 Å². The molecule has 2 aromatic heterocycles. The lowest BCUT2D eigenvalue weighted by Crippen LogP contribution is -2.60. The molecule has 4 heterocycles. The minimum absolute atomic E-state index is 0.000290. The average Bonchev–Trinajstić information content (AvgIpc) is 3.40. The maximum atomic E-state index is 14.7. The van der Waals surface area contributed by atoms with E-state index in [0.717, 1.165) is 41.2 Å². The number of rotatable bonds is 8. The van der Waals surface area contributed by atoms with Gasteiger partial charge in [0.1, 0.15) is 41.7 Å². The van der Waals surface area contributed by atoms with Crippen molar-refractivity contribution in [2.75, 3.05) is 84.1 Å². The van der Waals surface area contributed by atoms with Crippen LogP contribution in [0.15, 0.2) is 60.7 Å². The van der Waals surface area contributed by atoms with Gasteiger partial charge in [0.05, 0.1) is 24.1 Å². The van der Waals surface area contributed by atoms with Crippen LogP contribution in [0.1, 0.15) is 21.0 Å². The molecule has 4 aromatic rings. The fourth-order valence-corrected chi connectivity index (χ4v) is 12.0. The van der Waals surface area contributed by atoms with E-state index in [1.54, 1.807) is 61.0 Å². The lowest BCUT2D eigenvalue weighted by atomic mass is 10.1.